The van der Waals surface area contributed by atoms with Crippen LogP contribution in [0.5, 0.6) is 17.2 Å². The Labute approximate surface area is 199 Å². The molecule has 0 bridgehead atoms. The smallest absolute Gasteiger partial charge is 0.229 e. The largest absolute Gasteiger partial charge is 0.508 e. The first-order valence-electron chi connectivity index (χ1n) is 10.5. The minimum absolute atomic E-state index is 0.0195. The van der Waals surface area contributed by atoms with Crippen LogP contribution >= 0.6 is 0 Å². The van der Waals surface area contributed by atoms with Gasteiger partial charge < -0.3 is 59.4 Å². The minimum Gasteiger partial charge on any atom is -0.508 e. The van der Waals surface area contributed by atoms with E-state index < -0.39 is 43.4 Å². The second-order valence-electron chi connectivity index (χ2n) is 8.00. The normalized spacial score (nSPS) is 30.4. The summed E-state index contributed by atoms with van der Waals surface area (Å²) in [5.41, 5.74) is 0.497. The van der Waals surface area contributed by atoms with Crippen LogP contribution in [0.4, 0.5) is 0 Å². The van der Waals surface area contributed by atoms with E-state index in [2.05, 4.69) is 0 Å². The van der Waals surface area contributed by atoms with Crippen LogP contribution in [0.2, 0.25) is 0 Å². The van der Waals surface area contributed by atoms with E-state index in [1.807, 2.05) is 0 Å². The first-order valence-corrected chi connectivity index (χ1v) is 10.5. The number of phenols is 1. The number of rotatable bonds is 6. The topological polar surface area (TPSA) is 188 Å². The van der Waals surface area contributed by atoms with E-state index in [9.17, 15) is 35.7 Å². The summed E-state index contributed by atoms with van der Waals surface area (Å²) in [4.78, 5) is 0. The van der Waals surface area contributed by atoms with Gasteiger partial charge in [-0.25, -0.2) is 0 Å². The van der Waals surface area contributed by atoms with E-state index >= 15 is 0 Å². The Morgan fingerprint density at radius 3 is 2.17 bits per heavy atom. The third-order valence-electron chi connectivity index (χ3n) is 5.80. The van der Waals surface area contributed by atoms with E-state index in [-0.39, 0.29) is 51.4 Å². The van der Waals surface area contributed by atoms with Crippen LogP contribution in [0.3, 0.4) is 0 Å². The summed E-state index contributed by atoms with van der Waals surface area (Å²) >= 11 is 0. The van der Waals surface area contributed by atoms with Gasteiger partial charge >= 0.3 is 0 Å². The summed E-state index contributed by atoms with van der Waals surface area (Å²) in [6.45, 7) is -0.656. The Kier molecular flexibility index (Phi) is 6.83. The number of aliphatic hydroxyl groups excluding tert-OH is 6. The zero-order valence-corrected chi connectivity index (χ0v) is 18.7. The number of phenolic OH excluding ortho intramolecular Hbond substituents is 1. The number of allylic oxidation sites excluding steroid dienone is 2. The van der Waals surface area contributed by atoms with Gasteiger partial charge in [-0.15, -0.1) is 0 Å². The molecule has 190 valence electrons. The molecule has 12 nitrogen and oxygen atoms in total. The second kappa shape index (κ2) is 9.68. The van der Waals surface area contributed by atoms with Crippen molar-refractivity contribution in [2.45, 2.75) is 36.8 Å². The zero-order valence-electron chi connectivity index (χ0n) is 18.7. The number of hydrogen-bond acceptors (Lipinski definition) is 12. The maximum absolute atomic E-state index is 10.4. The van der Waals surface area contributed by atoms with Gasteiger partial charge in [-0.2, -0.15) is 0 Å². The van der Waals surface area contributed by atoms with E-state index in [4.69, 9.17) is 23.7 Å². The Balaban J connectivity index is 1.82. The van der Waals surface area contributed by atoms with Crippen molar-refractivity contribution in [3.05, 3.63) is 58.8 Å². The van der Waals surface area contributed by atoms with Gasteiger partial charge in [0, 0.05) is 23.3 Å². The highest BCUT2D eigenvalue weighted by molar-refractivity contribution is 5.72. The van der Waals surface area contributed by atoms with E-state index in [1.54, 1.807) is 0 Å². The zero-order chi connectivity index (χ0) is 25.4. The summed E-state index contributed by atoms with van der Waals surface area (Å²) < 4.78 is 27.7. The first-order chi connectivity index (χ1) is 16.7. The minimum atomic E-state index is -1.71. The van der Waals surface area contributed by atoms with Crippen molar-refractivity contribution in [2.75, 3.05) is 20.8 Å². The molecular formula is C23H26O12. The highest BCUT2D eigenvalue weighted by atomic mass is 16.7. The fourth-order valence-electron chi connectivity index (χ4n) is 3.92. The van der Waals surface area contributed by atoms with Crippen LogP contribution in [0.25, 0.3) is 5.76 Å². The summed E-state index contributed by atoms with van der Waals surface area (Å²) in [5, 5.41) is 70.6. The molecule has 12 heteroatoms. The van der Waals surface area contributed by atoms with Gasteiger partial charge in [0.2, 0.25) is 12.0 Å². The van der Waals surface area contributed by atoms with Gasteiger partial charge in [0.05, 0.1) is 20.8 Å². The van der Waals surface area contributed by atoms with Crippen molar-refractivity contribution in [1.29, 1.82) is 0 Å². The lowest BCUT2D eigenvalue weighted by atomic mass is 9.96. The lowest BCUT2D eigenvalue weighted by Gasteiger charge is -2.40. The maximum atomic E-state index is 10.4. The van der Waals surface area contributed by atoms with Crippen molar-refractivity contribution < 1.29 is 59.4 Å². The van der Waals surface area contributed by atoms with Crippen LogP contribution < -0.4 is 9.47 Å². The van der Waals surface area contributed by atoms with Crippen LogP contribution in [0.1, 0.15) is 5.56 Å². The van der Waals surface area contributed by atoms with Gasteiger partial charge in [-0.3, -0.25) is 0 Å². The van der Waals surface area contributed by atoms with Crippen LogP contribution in [-0.2, 0) is 14.2 Å². The van der Waals surface area contributed by atoms with Gasteiger partial charge in [0.1, 0.15) is 42.0 Å². The van der Waals surface area contributed by atoms with Crippen LogP contribution in [0.15, 0.2) is 53.2 Å². The van der Waals surface area contributed by atoms with Gasteiger partial charge in [-0.05, 0) is 18.2 Å². The third-order valence-corrected chi connectivity index (χ3v) is 5.80. The second-order valence-corrected chi connectivity index (χ2v) is 8.00. The molecule has 0 amide bonds. The van der Waals surface area contributed by atoms with Crippen molar-refractivity contribution in [3.8, 4) is 17.2 Å². The number of aromatic hydroxyl groups is 1. The molecule has 7 N–H and O–H groups in total. The standard InChI is InChI=1S/C23H26O12/c1-31-14-3-9(4-15(32-2)18(14)27)22-16(7-11-12(26)5-10(25)6-13(11)33-22)34-23-21(30)20(29)19(28)17(8-24)35-23/h3-7,13,17,19-21,23-30H,8H2,1-2H3/t13?,17-,19+,20+,21-,23-/m1/s1. The van der Waals surface area contributed by atoms with E-state index in [0.717, 1.165) is 6.08 Å². The summed E-state index contributed by atoms with van der Waals surface area (Å²) in [5.74, 6) is -0.771. The molecule has 1 fully saturated rings. The van der Waals surface area contributed by atoms with Crippen LogP contribution in [-0.4, -0.2) is 93.4 Å². The average molecular weight is 494 g/mol. The molecule has 1 saturated heterocycles. The van der Waals surface area contributed by atoms with Crippen molar-refractivity contribution >= 4 is 5.76 Å². The van der Waals surface area contributed by atoms with E-state index in [0.29, 0.717) is 0 Å². The first kappa shape index (κ1) is 24.7. The van der Waals surface area contributed by atoms with E-state index in [1.165, 1.54) is 38.5 Å². The molecule has 3 aliphatic rings. The molecule has 2 heterocycles. The number of ether oxygens (including phenoxy) is 5. The molecular weight excluding hydrogens is 468 g/mol. The molecule has 6 atom stereocenters. The Morgan fingerprint density at radius 1 is 0.914 bits per heavy atom. The fraction of sp³-hybridized carbons (Fsp3) is 0.391. The summed E-state index contributed by atoms with van der Waals surface area (Å²) in [6, 6.07) is 2.84. The molecule has 1 aromatic rings. The Hall–Kier alpha value is -3.42. The van der Waals surface area contributed by atoms with Gasteiger partial charge in [0.15, 0.2) is 23.0 Å². The average Bonchev–Trinajstić information content (AvgIpc) is 2.84. The molecule has 0 aromatic heterocycles. The van der Waals surface area contributed by atoms with Crippen molar-refractivity contribution in [3.63, 3.8) is 0 Å². The molecule has 2 aliphatic heterocycles. The number of methoxy groups -OCH3 is 2. The molecule has 1 aliphatic carbocycles. The lowest BCUT2D eigenvalue weighted by Crippen LogP contribution is -2.59. The molecule has 4 rings (SSSR count). The summed E-state index contributed by atoms with van der Waals surface area (Å²) in [6.07, 6.45) is -4.85. The number of aliphatic hydroxyl groups is 6. The van der Waals surface area contributed by atoms with Crippen LogP contribution in [0, 0.1) is 0 Å². The predicted octanol–water partition coefficient (Wildman–Crippen LogP) is 0.117. The third kappa shape index (κ3) is 4.49. The maximum Gasteiger partial charge on any atom is 0.229 e. The molecule has 0 saturated carbocycles. The Morgan fingerprint density at radius 2 is 1.57 bits per heavy atom. The SMILES string of the molecule is COc1cc(C2=C(O[C@@H]3O[C@H](CO)[C@H](O)[C@H](O)[C@H]3O)C=C3C(O)=CC(O)=CC3O2)cc(OC)c1O. The molecule has 0 spiro atoms. The number of fused-ring (bicyclic) bond motifs is 1. The van der Waals surface area contributed by atoms with Crippen molar-refractivity contribution in [1.82, 2.24) is 0 Å². The molecule has 1 unspecified atom stereocenters. The monoisotopic (exact) mass is 494 g/mol. The highest BCUT2D eigenvalue weighted by Gasteiger charge is 2.45. The quantitative estimate of drug-likeness (QED) is 0.283. The number of benzene rings is 1. The highest BCUT2D eigenvalue weighted by Crippen LogP contribution is 2.43. The van der Waals surface area contributed by atoms with Gasteiger partial charge in [-0.1, -0.05) is 0 Å². The summed E-state index contributed by atoms with van der Waals surface area (Å²) in [7, 11) is 2.67. The molecule has 0 radical (unpaired) electrons. The fourth-order valence-corrected chi connectivity index (χ4v) is 3.92. The predicted molar refractivity (Wildman–Crippen MR) is 117 cm³/mol. The molecule has 35 heavy (non-hydrogen) atoms. The Bertz CT molecular complexity index is 1080. The number of hydrogen-bond donors (Lipinski definition) is 7. The van der Waals surface area contributed by atoms with Crippen molar-refractivity contribution in [2.24, 2.45) is 0 Å². The lowest BCUT2D eigenvalue weighted by molar-refractivity contribution is -0.290. The van der Waals surface area contributed by atoms with Gasteiger partial charge in [0.25, 0.3) is 0 Å². The molecule has 1 aromatic carbocycles.